The summed E-state index contributed by atoms with van der Waals surface area (Å²) in [5.74, 6) is 5.46. The Morgan fingerprint density at radius 3 is 2.89 bits per heavy atom. The van der Waals surface area contributed by atoms with Crippen molar-refractivity contribution in [1.82, 2.24) is 4.90 Å². The summed E-state index contributed by atoms with van der Waals surface area (Å²) in [6.45, 7) is 5.06. The van der Waals surface area contributed by atoms with E-state index in [1.807, 2.05) is 19.9 Å². The molecule has 0 fully saturated rings. The average Bonchev–Trinajstić information content (AvgIpc) is 2.90. The molecule has 5 heteroatoms. The minimum atomic E-state index is -0.166. The molecule has 0 radical (unpaired) electrons. The van der Waals surface area contributed by atoms with E-state index in [0.717, 1.165) is 4.88 Å². The fourth-order valence-electron chi connectivity index (χ4n) is 1.54. The van der Waals surface area contributed by atoms with Crippen LogP contribution >= 0.6 is 11.3 Å². The molecule has 0 spiro atoms. The summed E-state index contributed by atoms with van der Waals surface area (Å²) < 4.78 is 0. The molecule has 1 amide bonds. The largest absolute Gasteiger partial charge is 0.337 e. The van der Waals surface area contributed by atoms with Crippen molar-refractivity contribution in [2.75, 3.05) is 19.6 Å². The maximum Gasteiger partial charge on any atom is 0.263 e. The molecule has 1 atom stereocenters. The van der Waals surface area contributed by atoms with E-state index >= 15 is 0 Å². The van der Waals surface area contributed by atoms with Crippen molar-refractivity contribution >= 4 is 17.2 Å². The van der Waals surface area contributed by atoms with E-state index in [1.165, 1.54) is 11.3 Å². The zero-order valence-corrected chi connectivity index (χ0v) is 12.0. The van der Waals surface area contributed by atoms with Gasteiger partial charge in [0.2, 0.25) is 0 Å². The van der Waals surface area contributed by atoms with Crippen LogP contribution in [-0.2, 0) is 0 Å². The van der Waals surface area contributed by atoms with Crippen LogP contribution in [0.5, 0.6) is 0 Å². The molecule has 100 valence electrons. The van der Waals surface area contributed by atoms with Gasteiger partial charge in [0.05, 0.1) is 28.3 Å². The average molecular weight is 275 g/mol. The summed E-state index contributed by atoms with van der Waals surface area (Å²) in [7, 11) is 0. The van der Waals surface area contributed by atoms with Gasteiger partial charge in [-0.05, 0) is 26.0 Å². The van der Waals surface area contributed by atoms with Gasteiger partial charge >= 0.3 is 0 Å². The minimum Gasteiger partial charge on any atom is -0.337 e. The lowest BCUT2D eigenvalue weighted by Crippen LogP contribution is -2.33. The molecule has 0 saturated heterocycles. The predicted molar refractivity (Wildman–Crippen MR) is 76.6 cm³/mol. The molecule has 0 aromatic carbocycles. The number of carbonyl (C=O) groups is 1. The fraction of sp³-hybridized carbons (Fsp3) is 0.429. The molecule has 2 N–H and O–H groups in total. The van der Waals surface area contributed by atoms with Crippen LogP contribution in [0.1, 0.15) is 28.4 Å². The number of hydrogen-bond donors (Lipinski definition) is 1. The fourth-order valence-corrected chi connectivity index (χ4v) is 2.39. The van der Waals surface area contributed by atoms with Gasteiger partial charge in [-0.3, -0.25) is 4.79 Å². The molecular formula is C14H17N3OS. The maximum absolute atomic E-state index is 12.3. The number of nitrogens with zero attached hydrogens (tertiary/aromatic N) is 2. The standard InChI is InChI=1S/C14H17N3OS/c1-3-17(10-11(2)9-16)14(18)13-7-6-12(19-13)5-4-8-15/h6-7,11H,3,8,10,15H2,1-2H3. The highest BCUT2D eigenvalue weighted by Crippen LogP contribution is 2.18. The normalized spacial score (nSPS) is 11.1. The number of amides is 1. The van der Waals surface area contributed by atoms with Gasteiger partial charge in [0.15, 0.2) is 0 Å². The first kappa shape index (κ1) is 15.2. The van der Waals surface area contributed by atoms with E-state index < -0.39 is 0 Å². The third kappa shape index (κ3) is 4.40. The quantitative estimate of drug-likeness (QED) is 0.850. The van der Waals surface area contributed by atoms with Crippen molar-refractivity contribution in [1.29, 1.82) is 5.26 Å². The molecule has 19 heavy (non-hydrogen) atoms. The molecule has 0 aliphatic carbocycles. The van der Waals surface area contributed by atoms with Crippen LogP contribution in [0.2, 0.25) is 0 Å². The third-order valence-electron chi connectivity index (χ3n) is 2.51. The molecule has 1 rings (SSSR count). The minimum absolute atomic E-state index is 0.0459. The molecule has 1 aromatic heterocycles. The van der Waals surface area contributed by atoms with Crippen LogP contribution in [-0.4, -0.2) is 30.4 Å². The Morgan fingerprint density at radius 2 is 2.32 bits per heavy atom. The van der Waals surface area contributed by atoms with Gasteiger partial charge in [-0.2, -0.15) is 5.26 Å². The van der Waals surface area contributed by atoms with E-state index in [2.05, 4.69) is 17.9 Å². The summed E-state index contributed by atoms with van der Waals surface area (Å²) in [5, 5.41) is 8.82. The van der Waals surface area contributed by atoms with Crippen molar-refractivity contribution in [2.24, 2.45) is 11.7 Å². The van der Waals surface area contributed by atoms with E-state index in [1.54, 1.807) is 11.0 Å². The molecule has 1 heterocycles. The highest BCUT2D eigenvalue weighted by molar-refractivity contribution is 7.14. The predicted octanol–water partition coefficient (Wildman–Crippen LogP) is 1.68. The molecule has 0 aliphatic rings. The summed E-state index contributed by atoms with van der Waals surface area (Å²) >= 11 is 1.36. The first-order chi connectivity index (χ1) is 9.12. The summed E-state index contributed by atoms with van der Waals surface area (Å²) in [4.78, 5) is 15.4. The van der Waals surface area contributed by atoms with Crippen LogP contribution in [0.3, 0.4) is 0 Å². The Morgan fingerprint density at radius 1 is 1.58 bits per heavy atom. The van der Waals surface area contributed by atoms with Crippen molar-refractivity contribution < 1.29 is 4.79 Å². The zero-order valence-electron chi connectivity index (χ0n) is 11.1. The van der Waals surface area contributed by atoms with Crippen LogP contribution in [0.15, 0.2) is 12.1 Å². The lowest BCUT2D eigenvalue weighted by Gasteiger charge is -2.21. The topological polar surface area (TPSA) is 70.1 Å². The highest BCUT2D eigenvalue weighted by Gasteiger charge is 2.18. The van der Waals surface area contributed by atoms with E-state index in [-0.39, 0.29) is 11.8 Å². The van der Waals surface area contributed by atoms with Gasteiger partial charge in [-0.15, -0.1) is 11.3 Å². The number of nitrogens with two attached hydrogens (primary N) is 1. The number of nitriles is 1. The number of hydrogen-bond acceptors (Lipinski definition) is 4. The lowest BCUT2D eigenvalue weighted by atomic mass is 10.2. The van der Waals surface area contributed by atoms with Crippen molar-refractivity contribution in [3.63, 3.8) is 0 Å². The van der Waals surface area contributed by atoms with Gasteiger partial charge in [-0.25, -0.2) is 0 Å². The second-order valence-corrected chi connectivity index (χ2v) is 5.13. The van der Waals surface area contributed by atoms with E-state index in [9.17, 15) is 4.79 Å². The Hall–Kier alpha value is -1.82. The Bertz CT molecular complexity index is 533. The number of thiophene rings is 1. The molecule has 0 bridgehead atoms. The number of rotatable bonds is 4. The molecule has 1 aromatic rings. The summed E-state index contributed by atoms with van der Waals surface area (Å²) in [6.07, 6.45) is 0. The smallest absolute Gasteiger partial charge is 0.263 e. The second kappa shape index (κ2) is 7.58. The first-order valence-electron chi connectivity index (χ1n) is 6.10. The summed E-state index contributed by atoms with van der Waals surface area (Å²) in [5.41, 5.74) is 5.31. The Balaban J connectivity index is 2.80. The van der Waals surface area contributed by atoms with Crippen molar-refractivity contribution in [2.45, 2.75) is 13.8 Å². The highest BCUT2D eigenvalue weighted by atomic mass is 32.1. The monoisotopic (exact) mass is 275 g/mol. The molecule has 0 aliphatic heterocycles. The van der Waals surface area contributed by atoms with Crippen LogP contribution < -0.4 is 5.73 Å². The van der Waals surface area contributed by atoms with Gasteiger partial charge in [-0.1, -0.05) is 11.8 Å². The van der Waals surface area contributed by atoms with Crippen LogP contribution in [0.4, 0.5) is 0 Å². The second-order valence-electron chi connectivity index (χ2n) is 4.04. The molecular weight excluding hydrogens is 258 g/mol. The van der Waals surface area contributed by atoms with Crippen molar-refractivity contribution in [3.8, 4) is 17.9 Å². The van der Waals surface area contributed by atoms with Gasteiger partial charge in [0.1, 0.15) is 0 Å². The Kier molecular flexibility index (Phi) is 6.08. The Labute approximate surface area is 117 Å². The third-order valence-corrected chi connectivity index (χ3v) is 3.50. The van der Waals surface area contributed by atoms with Crippen LogP contribution in [0, 0.1) is 29.1 Å². The molecule has 1 unspecified atom stereocenters. The van der Waals surface area contributed by atoms with E-state index in [0.29, 0.717) is 24.5 Å². The van der Waals surface area contributed by atoms with Crippen LogP contribution in [0.25, 0.3) is 0 Å². The van der Waals surface area contributed by atoms with Crippen molar-refractivity contribution in [3.05, 3.63) is 21.9 Å². The van der Waals surface area contributed by atoms with Gasteiger partial charge < -0.3 is 10.6 Å². The maximum atomic E-state index is 12.3. The van der Waals surface area contributed by atoms with Gasteiger partial charge in [0, 0.05) is 13.1 Å². The molecule has 0 saturated carbocycles. The first-order valence-corrected chi connectivity index (χ1v) is 6.91. The number of carbonyl (C=O) groups excluding carboxylic acids is 1. The van der Waals surface area contributed by atoms with Gasteiger partial charge in [0.25, 0.3) is 5.91 Å². The molecule has 4 nitrogen and oxygen atoms in total. The van der Waals surface area contributed by atoms with E-state index in [4.69, 9.17) is 11.0 Å². The lowest BCUT2D eigenvalue weighted by molar-refractivity contribution is 0.0757. The SMILES string of the molecule is CCN(CC(C)C#N)C(=O)c1ccc(C#CCN)s1. The zero-order chi connectivity index (χ0) is 14.3. The summed E-state index contributed by atoms with van der Waals surface area (Å²) in [6, 6.07) is 5.74.